The Morgan fingerprint density at radius 3 is 2.97 bits per heavy atom. The van der Waals surface area contributed by atoms with Crippen LogP contribution in [0.15, 0.2) is 60.0 Å². The highest BCUT2D eigenvalue weighted by Gasteiger charge is 2.30. The van der Waals surface area contributed by atoms with Crippen LogP contribution < -0.4 is 4.74 Å². The molecule has 0 bridgehead atoms. The molecule has 154 valence electrons. The lowest BCUT2D eigenvalue weighted by molar-refractivity contribution is 0.319. The van der Waals surface area contributed by atoms with Crippen LogP contribution in [0.1, 0.15) is 28.7 Å². The van der Waals surface area contributed by atoms with E-state index < -0.39 is 0 Å². The van der Waals surface area contributed by atoms with E-state index in [0.717, 1.165) is 39.8 Å². The molecule has 0 aliphatic carbocycles. The maximum atomic E-state index is 6.15. The molecule has 0 radical (unpaired) electrons. The van der Waals surface area contributed by atoms with Crippen LogP contribution in [0.4, 0.5) is 0 Å². The van der Waals surface area contributed by atoms with E-state index in [1.807, 2.05) is 47.1 Å². The second kappa shape index (κ2) is 6.95. The Morgan fingerprint density at radius 1 is 1.16 bits per heavy atom. The van der Waals surface area contributed by atoms with Crippen LogP contribution >= 0.6 is 11.6 Å². The number of fused-ring (bicyclic) bond motifs is 5. The third kappa shape index (κ3) is 2.90. The van der Waals surface area contributed by atoms with Crippen LogP contribution in [0.2, 0.25) is 5.02 Å². The minimum absolute atomic E-state index is 0.111. The number of halogens is 1. The summed E-state index contributed by atoms with van der Waals surface area (Å²) in [7, 11) is 1.65. The van der Waals surface area contributed by atoms with Crippen LogP contribution in [0.3, 0.4) is 0 Å². The molecule has 2 aliphatic heterocycles. The molecule has 31 heavy (non-hydrogen) atoms. The number of ether oxygens (including phenoxy) is 2. The molecule has 0 saturated heterocycles. The number of benzene rings is 2. The molecule has 9 heteroatoms. The van der Waals surface area contributed by atoms with Crippen molar-refractivity contribution in [2.24, 2.45) is 4.99 Å². The lowest BCUT2D eigenvalue weighted by Gasteiger charge is -2.11. The van der Waals surface area contributed by atoms with Crippen molar-refractivity contribution in [1.29, 1.82) is 0 Å². The van der Waals surface area contributed by atoms with Crippen LogP contribution in [-0.4, -0.2) is 44.2 Å². The molecule has 0 unspecified atom stereocenters. The monoisotopic (exact) mass is 432 g/mol. The van der Waals surface area contributed by atoms with Crippen LogP contribution in [0.5, 0.6) is 5.75 Å². The van der Waals surface area contributed by atoms with Crippen LogP contribution in [0.25, 0.3) is 11.4 Å². The quantitative estimate of drug-likeness (QED) is 0.435. The molecule has 0 saturated carbocycles. The van der Waals surface area contributed by atoms with E-state index in [-0.39, 0.29) is 6.04 Å². The summed E-state index contributed by atoms with van der Waals surface area (Å²) in [5, 5.41) is 9.08. The molecule has 2 aliphatic rings. The van der Waals surface area contributed by atoms with Gasteiger partial charge >= 0.3 is 0 Å². The van der Waals surface area contributed by atoms with Crippen LogP contribution in [0, 0.1) is 0 Å². The van der Waals surface area contributed by atoms with Crippen molar-refractivity contribution in [3.05, 3.63) is 82.7 Å². The zero-order chi connectivity index (χ0) is 20.9. The van der Waals surface area contributed by atoms with Gasteiger partial charge in [0.15, 0.2) is 0 Å². The number of methoxy groups -OCH3 is 1. The summed E-state index contributed by atoms with van der Waals surface area (Å²) in [6, 6.07) is 13.4. The number of hydrogen-bond acceptors (Lipinski definition) is 6. The van der Waals surface area contributed by atoms with E-state index in [1.165, 1.54) is 0 Å². The van der Waals surface area contributed by atoms with Crippen molar-refractivity contribution >= 4 is 17.5 Å². The summed E-state index contributed by atoms with van der Waals surface area (Å²) >= 11 is 6.15. The van der Waals surface area contributed by atoms with Gasteiger partial charge in [0.1, 0.15) is 30.4 Å². The largest absolute Gasteiger partial charge is 0.497 e. The highest BCUT2D eigenvalue weighted by atomic mass is 35.5. The number of nitrogens with zero attached hydrogens (tertiary/aromatic N) is 6. The third-order valence-corrected chi connectivity index (χ3v) is 5.83. The Hall–Kier alpha value is -3.65. The zero-order valence-corrected chi connectivity index (χ0v) is 17.3. The van der Waals surface area contributed by atoms with Gasteiger partial charge in [-0.2, -0.15) is 0 Å². The minimum atomic E-state index is -0.111. The first-order chi connectivity index (χ1) is 15.2. The Balaban J connectivity index is 1.46. The fourth-order valence-corrected chi connectivity index (χ4v) is 4.27. The van der Waals surface area contributed by atoms with Gasteiger partial charge in [-0.1, -0.05) is 28.9 Å². The van der Waals surface area contributed by atoms with Crippen molar-refractivity contribution in [2.75, 3.05) is 13.7 Å². The van der Waals surface area contributed by atoms with Crippen molar-refractivity contribution in [2.45, 2.75) is 12.5 Å². The normalized spacial score (nSPS) is 16.6. The average Bonchev–Trinajstić information content (AvgIpc) is 3.52. The number of hydrogen-bond donors (Lipinski definition) is 0. The SMILES string of the molecule is COc1ccc2c(c1)-n1nncc1Cc1c(C3=N[C@H](c4cccc(Cl)c4)CO3)ncn1-2. The minimum Gasteiger partial charge on any atom is -0.497 e. The van der Waals surface area contributed by atoms with Crippen molar-refractivity contribution < 1.29 is 9.47 Å². The number of aliphatic imine (C=N–C) groups is 1. The molecule has 4 heterocycles. The Kier molecular flexibility index (Phi) is 4.07. The van der Waals surface area contributed by atoms with Gasteiger partial charge in [0.25, 0.3) is 0 Å². The Bertz CT molecular complexity index is 1340. The predicted octanol–water partition coefficient (Wildman–Crippen LogP) is 3.54. The first-order valence-corrected chi connectivity index (χ1v) is 10.2. The Labute approximate surface area is 182 Å². The summed E-state index contributed by atoms with van der Waals surface area (Å²) in [5.41, 5.74) is 5.47. The van der Waals surface area contributed by atoms with E-state index in [0.29, 0.717) is 23.9 Å². The molecular formula is C22H17ClN6O2. The van der Waals surface area contributed by atoms with E-state index in [1.54, 1.807) is 19.6 Å². The van der Waals surface area contributed by atoms with Crippen molar-refractivity contribution in [3.8, 4) is 17.1 Å². The van der Waals surface area contributed by atoms with Crippen molar-refractivity contribution in [3.63, 3.8) is 0 Å². The summed E-state index contributed by atoms with van der Waals surface area (Å²) in [4.78, 5) is 9.48. The molecule has 0 fully saturated rings. The molecule has 8 nitrogen and oxygen atoms in total. The summed E-state index contributed by atoms with van der Waals surface area (Å²) in [5.74, 6) is 1.28. The summed E-state index contributed by atoms with van der Waals surface area (Å²) < 4.78 is 15.3. The topological polar surface area (TPSA) is 79.3 Å². The van der Waals surface area contributed by atoms with Gasteiger partial charge in [0.05, 0.1) is 36.1 Å². The van der Waals surface area contributed by atoms with Crippen molar-refractivity contribution in [1.82, 2.24) is 24.5 Å². The molecule has 2 aromatic heterocycles. The van der Waals surface area contributed by atoms with E-state index >= 15 is 0 Å². The second-order valence-electron chi connectivity index (χ2n) is 7.39. The predicted molar refractivity (Wildman–Crippen MR) is 115 cm³/mol. The van der Waals surface area contributed by atoms with Gasteiger partial charge in [-0.3, -0.25) is 4.57 Å². The van der Waals surface area contributed by atoms with E-state index in [2.05, 4.69) is 19.9 Å². The molecule has 6 rings (SSSR count). The molecule has 4 aromatic rings. The standard InChI is InChI=1S/C22H17ClN6O2/c1-30-16-5-6-18-19(9-16)29-15(10-25-27-29)8-20-21(24-12-28(18)20)22-26-17(11-31-22)13-3-2-4-14(23)7-13/h2-7,9-10,12,17H,8,11H2,1H3/t17-/m0/s1. The number of aromatic nitrogens is 5. The van der Waals surface area contributed by atoms with E-state index in [9.17, 15) is 0 Å². The molecule has 1 atom stereocenters. The molecule has 0 N–H and O–H groups in total. The highest BCUT2D eigenvalue weighted by molar-refractivity contribution is 6.30. The lowest BCUT2D eigenvalue weighted by Crippen LogP contribution is -2.08. The molecule has 2 aromatic carbocycles. The van der Waals surface area contributed by atoms with Gasteiger partial charge in [0, 0.05) is 17.5 Å². The molecule has 0 spiro atoms. The second-order valence-corrected chi connectivity index (χ2v) is 7.83. The third-order valence-electron chi connectivity index (χ3n) is 5.59. The van der Waals surface area contributed by atoms with E-state index in [4.69, 9.17) is 26.1 Å². The average molecular weight is 433 g/mol. The molecule has 0 amide bonds. The Morgan fingerprint density at radius 2 is 2.10 bits per heavy atom. The van der Waals surface area contributed by atoms with Gasteiger partial charge in [-0.25, -0.2) is 14.7 Å². The van der Waals surface area contributed by atoms with Gasteiger partial charge in [-0.15, -0.1) is 5.10 Å². The van der Waals surface area contributed by atoms with Gasteiger partial charge < -0.3 is 9.47 Å². The highest BCUT2D eigenvalue weighted by Crippen LogP contribution is 2.33. The first kappa shape index (κ1) is 18.1. The zero-order valence-electron chi connectivity index (χ0n) is 16.6. The lowest BCUT2D eigenvalue weighted by atomic mass is 10.1. The van der Waals surface area contributed by atoms with Crippen LogP contribution in [-0.2, 0) is 11.2 Å². The maximum Gasteiger partial charge on any atom is 0.238 e. The summed E-state index contributed by atoms with van der Waals surface area (Å²) in [6.07, 6.45) is 4.15. The maximum absolute atomic E-state index is 6.15. The number of imidazole rings is 1. The summed E-state index contributed by atoms with van der Waals surface area (Å²) in [6.45, 7) is 0.454. The fraction of sp³-hybridized carbons (Fsp3) is 0.182. The number of rotatable bonds is 3. The van der Waals surface area contributed by atoms with Gasteiger partial charge in [-0.05, 0) is 29.8 Å². The van der Waals surface area contributed by atoms with Gasteiger partial charge in [0.2, 0.25) is 5.90 Å². The molecular weight excluding hydrogens is 416 g/mol. The smallest absolute Gasteiger partial charge is 0.238 e. The first-order valence-electron chi connectivity index (χ1n) is 9.82. The fourth-order valence-electron chi connectivity index (χ4n) is 4.07.